The van der Waals surface area contributed by atoms with Gasteiger partial charge in [0, 0.05) is 12.6 Å². The summed E-state index contributed by atoms with van der Waals surface area (Å²) in [4.78, 5) is 12.1. The van der Waals surface area contributed by atoms with E-state index in [1.807, 2.05) is 0 Å². The first-order valence-corrected chi connectivity index (χ1v) is 4.54. The van der Waals surface area contributed by atoms with Gasteiger partial charge in [0.05, 0.1) is 5.69 Å². The third-order valence-corrected chi connectivity index (χ3v) is 2.52. The van der Waals surface area contributed by atoms with E-state index in [9.17, 15) is 13.6 Å². The fourth-order valence-corrected chi connectivity index (χ4v) is 1.64. The number of hydrogen-bond donors (Lipinski definition) is 1. The van der Waals surface area contributed by atoms with Gasteiger partial charge in [-0.25, -0.2) is 13.6 Å². The number of anilines is 1. The van der Waals surface area contributed by atoms with Crippen LogP contribution in [0.3, 0.4) is 0 Å². The molecule has 0 aromatic heterocycles. The molecule has 1 aliphatic heterocycles. The van der Waals surface area contributed by atoms with Crippen LogP contribution in [0.15, 0.2) is 18.2 Å². The molecule has 0 aliphatic carbocycles. The third kappa shape index (κ3) is 1.65. The second-order valence-corrected chi connectivity index (χ2v) is 3.43. The van der Waals surface area contributed by atoms with Crippen LogP contribution in [-0.2, 0) is 4.79 Å². The lowest BCUT2D eigenvalue weighted by molar-refractivity contribution is -0.139. The highest BCUT2D eigenvalue weighted by atomic mass is 19.1. The van der Waals surface area contributed by atoms with Crippen LogP contribution in [0.5, 0.6) is 0 Å². The summed E-state index contributed by atoms with van der Waals surface area (Å²) in [6.07, 6.45) is 0.464. The second-order valence-electron chi connectivity index (χ2n) is 3.43. The van der Waals surface area contributed by atoms with Crippen molar-refractivity contribution in [1.82, 2.24) is 0 Å². The van der Waals surface area contributed by atoms with Crippen LogP contribution in [0.1, 0.15) is 6.42 Å². The predicted molar refractivity (Wildman–Crippen MR) is 49.7 cm³/mol. The number of nitrogens with zero attached hydrogens (tertiary/aromatic N) is 1. The maximum atomic E-state index is 13.3. The zero-order chi connectivity index (χ0) is 11.0. The Morgan fingerprint density at radius 1 is 1.47 bits per heavy atom. The van der Waals surface area contributed by atoms with Gasteiger partial charge in [-0.1, -0.05) is 0 Å². The molecule has 1 aromatic carbocycles. The van der Waals surface area contributed by atoms with Crippen LogP contribution < -0.4 is 4.90 Å². The standard InChI is InChI=1S/C10H9F2NO2/c11-6-1-2-7(12)9(5-6)13-4-3-8(13)10(14)15/h1-2,5,8H,3-4H2,(H,14,15)/t8-/m0/s1. The van der Waals surface area contributed by atoms with Crippen molar-refractivity contribution in [2.24, 2.45) is 0 Å². The zero-order valence-electron chi connectivity index (χ0n) is 7.78. The number of carboxylic acids is 1. The molecule has 1 aliphatic rings. The summed E-state index contributed by atoms with van der Waals surface area (Å²) in [6, 6.07) is 2.29. The van der Waals surface area contributed by atoms with E-state index in [0.717, 1.165) is 18.2 Å². The van der Waals surface area contributed by atoms with Gasteiger partial charge in [-0.15, -0.1) is 0 Å². The van der Waals surface area contributed by atoms with E-state index in [1.54, 1.807) is 0 Å². The highest BCUT2D eigenvalue weighted by molar-refractivity contribution is 5.80. The molecular weight excluding hydrogens is 204 g/mol. The zero-order valence-corrected chi connectivity index (χ0v) is 7.78. The number of rotatable bonds is 2. The first kappa shape index (κ1) is 9.89. The summed E-state index contributed by atoms with van der Waals surface area (Å²) < 4.78 is 26.1. The topological polar surface area (TPSA) is 40.5 Å². The van der Waals surface area contributed by atoms with Crippen molar-refractivity contribution in [3.05, 3.63) is 29.8 Å². The third-order valence-electron chi connectivity index (χ3n) is 2.52. The molecule has 0 spiro atoms. The van der Waals surface area contributed by atoms with Gasteiger partial charge in [0.15, 0.2) is 0 Å². The van der Waals surface area contributed by atoms with Crippen molar-refractivity contribution in [1.29, 1.82) is 0 Å². The van der Waals surface area contributed by atoms with E-state index < -0.39 is 23.6 Å². The van der Waals surface area contributed by atoms with E-state index in [0.29, 0.717) is 13.0 Å². The van der Waals surface area contributed by atoms with E-state index in [-0.39, 0.29) is 5.69 Å². The summed E-state index contributed by atoms with van der Waals surface area (Å²) in [6.45, 7) is 0.442. The molecule has 0 unspecified atom stereocenters. The minimum absolute atomic E-state index is 0.0219. The van der Waals surface area contributed by atoms with Crippen LogP contribution in [0.25, 0.3) is 0 Å². The average Bonchev–Trinajstić information content (AvgIpc) is 2.08. The number of aliphatic carboxylic acids is 1. The predicted octanol–water partition coefficient (Wildman–Crippen LogP) is 1.63. The lowest BCUT2D eigenvalue weighted by Crippen LogP contribution is -2.53. The van der Waals surface area contributed by atoms with Crippen molar-refractivity contribution < 1.29 is 18.7 Å². The molecule has 1 fully saturated rings. The Balaban J connectivity index is 2.30. The smallest absolute Gasteiger partial charge is 0.326 e. The van der Waals surface area contributed by atoms with Crippen LogP contribution >= 0.6 is 0 Å². The number of halogens is 2. The minimum Gasteiger partial charge on any atom is -0.480 e. The molecule has 0 saturated carbocycles. The average molecular weight is 213 g/mol. The van der Waals surface area contributed by atoms with Crippen LogP contribution in [0.2, 0.25) is 0 Å². The monoisotopic (exact) mass is 213 g/mol. The molecule has 2 rings (SSSR count). The molecule has 1 aromatic rings. The van der Waals surface area contributed by atoms with E-state index in [1.165, 1.54) is 4.90 Å². The van der Waals surface area contributed by atoms with Crippen molar-refractivity contribution in [2.45, 2.75) is 12.5 Å². The molecule has 0 bridgehead atoms. The Bertz CT molecular complexity index is 408. The molecule has 1 saturated heterocycles. The number of carbonyl (C=O) groups is 1. The Kier molecular flexibility index (Phi) is 2.30. The molecule has 1 heterocycles. The Labute approximate surface area is 84.9 Å². The van der Waals surface area contributed by atoms with Crippen molar-refractivity contribution in [2.75, 3.05) is 11.4 Å². The first-order chi connectivity index (χ1) is 7.09. The maximum Gasteiger partial charge on any atom is 0.326 e. The quantitative estimate of drug-likeness (QED) is 0.811. The molecule has 1 atom stereocenters. The van der Waals surface area contributed by atoms with Gasteiger partial charge in [-0.3, -0.25) is 0 Å². The van der Waals surface area contributed by atoms with E-state index >= 15 is 0 Å². The van der Waals surface area contributed by atoms with Crippen LogP contribution in [0, 0.1) is 11.6 Å². The summed E-state index contributed by atoms with van der Waals surface area (Å²) in [5.74, 6) is -2.17. The van der Waals surface area contributed by atoms with Gasteiger partial charge in [0.1, 0.15) is 17.7 Å². The largest absolute Gasteiger partial charge is 0.480 e. The van der Waals surface area contributed by atoms with Gasteiger partial charge in [-0.2, -0.15) is 0 Å². The van der Waals surface area contributed by atoms with E-state index in [2.05, 4.69) is 0 Å². The summed E-state index contributed by atoms with van der Waals surface area (Å²) in [5.41, 5.74) is 0.0219. The van der Waals surface area contributed by atoms with Crippen LogP contribution in [0.4, 0.5) is 14.5 Å². The highest BCUT2D eigenvalue weighted by Gasteiger charge is 2.35. The minimum atomic E-state index is -1.01. The van der Waals surface area contributed by atoms with Crippen molar-refractivity contribution in [3.8, 4) is 0 Å². The molecule has 80 valence electrons. The van der Waals surface area contributed by atoms with Crippen molar-refractivity contribution in [3.63, 3.8) is 0 Å². The Hall–Kier alpha value is -1.65. The Morgan fingerprint density at radius 2 is 2.20 bits per heavy atom. The molecule has 15 heavy (non-hydrogen) atoms. The second kappa shape index (κ2) is 3.49. The fourth-order valence-electron chi connectivity index (χ4n) is 1.64. The van der Waals surface area contributed by atoms with Gasteiger partial charge in [0.2, 0.25) is 0 Å². The lowest BCUT2D eigenvalue weighted by Gasteiger charge is -2.39. The number of benzene rings is 1. The number of hydrogen-bond acceptors (Lipinski definition) is 2. The summed E-state index contributed by atoms with van der Waals surface area (Å²) in [7, 11) is 0. The van der Waals surface area contributed by atoms with Crippen LogP contribution in [-0.4, -0.2) is 23.7 Å². The first-order valence-electron chi connectivity index (χ1n) is 4.54. The SMILES string of the molecule is O=C(O)[C@@H]1CCN1c1cc(F)ccc1F. The molecule has 0 radical (unpaired) electrons. The Morgan fingerprint density at radius 3 is 2.73 bits per heavy atom. The van der Waals surface area contributed by atoms with Gasteiger partial charge >= 0.3 is 5.97 Å². The van der Waals surface area contributed by atoms with Crippen molar-refractivity contribution >= 4 is 11.7 Å². The van der Waals surface area contributed by atoms with Gasteiger partial charge < -0.3 is 10.0 Å². The maximum absolute atomic E-state index is 13.3. The molecule has 0 amide bonds. The van der Waals surface area contributed by atoms with Gasteiger partial charge in [0.25, 0.3) is 0 Å². The number of carboxylic acid groups (broad SMARTS) is 1. The summed E-state index contributed by atoms with van der Waals surface area (Å²) >= 11 is 0. The van der Waals surface area contributed by atoms with E-state index in [4.69, 9.17) is 5.11 Å². The summed E-state index contributed by atoms with van der Waals surface area (Å²) in [5, 5.41) is 8.77. The fraction of sp³-hybridized carbons (Fsp3) is 0.300. The molecule has 3 nitrogen and oxygen atoms in total. The molecule has 1 N–H and O–H groups in total. The van der Waals surface area contributed by atoms with Gasteiger partial charge in [-0.05, 0) is 18.6 Å². The lowest BCUT2D eigenvalue weighted by atomic mass is 10.0. The molecular formula is C10H9F2NO2. The normalized spacial score (nSPS) is 19.9. The highest BCUT2D eigenvalue weighted by Crippen LogP contribution is 2.29. The molecule has 5 heteroatoms.